The van der Waals surface area contributed by atoms with E-state index < -0.39 is 19.7 Å². The van der Waals surface area contributed by atoms with Crippen molar-refractivity contribution in [1.82, 2.24) is 10.2 Å². The molecule has 2 amide bonds. The molecule has 2 rings (SSSR count). The number of nitrogens with zero attached hydrogens (tertiary/aromatic N) is 1. The summed E-state index contributed by atoms with van der Waals surface area (Å²) in [6, 6.07) is 8.69. The third-order valence-electron chi connectivity index (χ3n) is 4.09. The summed E-state index contributed by atoms with van der Waals surface area (Å²) < 4.78 is 28.1. The first-order valence-corrected chi connectivity index (χ1v) is 10.8. The highest BCUT2D eigenvalue weighted by Crippen LogP contribution is 2.46. The van der Waals surface area contributed by atoms with Gasteiger partial charge in [0.15, 0.2) is 0 Å². The maximum Gasteiger partial charge on any atom is 0.410 e. The summed E-state index contributed by atoms with van der Waals surface area (Å²) in [5.74, 6) is -0.385. The largest absolute Gasteiger partial charge is 0.445 e. The lowest BCUT2D eigenvalue weighted by Gasteiger charge is -2.24. The summed E-state index contributed by atoms with van der Waals surface area (Å²) in [6.45, 7) is 4.43. The van der Waals surface area contributed by atoms with Crippen LogP contribution in [0.25, 0.3) is 0 Å². The Morgan fingerprint density at radius 1 is 1.19 bits per heavy atom. The van der Waals surface area contributed by atoms with Crippen molar-refractivity contribution >= 4 is 19.6 Å². The number of hydrogen-bond donors (Lipinski definition) is 1. The molecule has 1 aromatic rings. The van der Waals surface area contributed by atoms with Crippen LogP contribution in [0.2, 0.25) is 0 Å². The van der Waals surface area contributed by atoms with Crippen molar-refractivity contribution in [3.8, 4) is 0 Å². The van der Waals surface area contributed by atoms with E-state index in [9.17, 15) is 14.2 Å². The average Bonchev–Trinajstić information content (AvgIpc) is 3.15. The quantitative estimate of drug-likeness (QED) is 0.643. The second kappa shape index (κ2) is 10.4. The van der Waals surface area contributed by atoms with Crippen LogP contribution in [-0.2, 0) is 29.8 Å². The molecule has 1 atom stereocenters. The van der Waals surface area contributed by atoms with Gasteiger partial charge in [-0.25, -0.2) is 4.79 Å². The first-order chi connectivity index (χ1) is 13.0. The standard InChI is InChI=1S/C18H27N2O6P/c1-3-25-27(23,26-4-2)14-19-17(21)16-11-8-12-20(16)18(22)24-13-15-9-6-5-7-10-15/h5-7,9-10,16H,3-4,8,11-14H2,1-2H3,(H,19,21)/t16-/m0/s1. The van der Waals surface area contributed by atoms with E-state index in [1.165, 1.54) is 4.90 Å². The van der Waals surface area contributed by atoms with Gasteiger partial charge in [0.1, 0.15) is 18.9 Å². The molecule has 0 saturated carbocycles. The lowest BCUT2D eigenvalue weighted by Crippen LogP contribution is -2.46. The number of carbonyl (C=O) groups excluding carboxylic acids is 2. The smallest absolute Gasteiger partial charge is 0.410 e. The zero-order chi connectivity index (χ0) is 19.7. The topological polar surface area (TPSA) is 94.2 Å². The number of amides is 2. The highest BCUT2D eigenvalue weighted by atomic mass is 31.2. The summed E-state index contributed by atoms with van der Waals surface area (Å²) in [5.41, 5.74) is 0.875. The normalized spacial score (nSPS) is 17.0. The molecule has 0 spiro atoms. The second-order valence-corrected chi connectivity index (χ2v) is 8.09. The first-order valence-electron chi connectivity index (χ1n) is 9.12. The lowest BCUT2D eigenvalue weighted by atomic mass is 10.2. The van der Waals surface area contributed by atoms with Crippen molar-refractivity contribution in [2.24, 2.45) is 0 Å². The van der Waals surface area contributed by atoms with E-state index >= 15 is 0 Å². The molecule has 27 heavy (non-hydrogen) atoms. The van der Waals surface area contributed by atoms with E-state index in [-0.39, 0.29) is 32.0 Å². The average molecular weight is 398 g/mol. The van der Waals surface area contributed by atoms with Gasteiger partial charge in [-0.3, -0.25) is 14.3 Å². The molecule has 9 heteroatoms. The SMILES string of the molecule is CCOP(=O)(CNC(=O)[C@@H]1CCCN1C(=O)OCc1ccccc1)OCC. The lowest BCUT2D eigenvalue weighted by molar-refractivity contribution is -0.124. The van der Waals surface area contributed by atoms with Gasteiger partial charge in [0.25, 0.3) is 0 Å². The van der Waals surface area contributed by atoms with E-state index in [2.05, 4.69) is 5.32 Å². The predicted octanol–water partition coefficient (Wildman–Crippen LogP) is 3.13. The Labute approximate surface area is 159 Å². The fourth-order valence-electron chi connectivity index (χ4n) is 2.87. The van der Waals surface area contributed by atoms with E-state index in [0.717, 1.165) is 5.56 Å². The van der Waals surface area contributed by atoms with Gasteiger partial charge >= 0.3 is 13.7 Å². The number of carbonyl (C=O) groups is 2. The molecule has 1 N–H and O–H groups in total. The maximum absolute atomic E-state index is 12.5. The molecule has 150 valence electrons. The zero-order valence-electron chi connectivity index (χ0n) is 15.8. The van der Waals surface area contributed by atoms with Crippen molar-refractivity contribution in [3.63, 3.8) is 0 Å². The van der Waals surface area contributed by atoms with Crippen molar-refractivity contribution in [2.45, 2.75) is 39.3 Å². The molecular weight excluding hydrogens is 371 g/mol. The first kappa shape index (κ1) is 21.4. The van der Waals surface area contributed by atoms with Gasteiger partial charge in [0.05, 0.1) is 13.2 Å². The van der Waals surface area contributed by atoms with Gasteiger partial charge in [-0.15, -0.1) is 0 Å². The Bertz CT molecular complexity index is 659. The van der Waals surface area contributed by atoms with E-state index in [4.69, 9.17) is 13.8 Å². The molecule has 0 aliphatic carbocycles. The Hall–Kier alpha value is -1.89. The molecule has 8 nitrogen and oxygen atoms in total. The van der Waals surface area contributed by atoms with Crippen molar-refractivity contribution in [2.75, 3.05) is 26.0 Å². The minimum atomic E-state index is -3.38. The summed E-state index contributed by atoms with van der Waals surface area (Å²) in [4.78, 5) is 26.3. The van der Waals surface area contributed by atoms with Crippen LogP contribution in [0.3, 0.4) is 0 Å². The van der Waals surface area contributed by atoms with Crippen molar-refractivity contribution < 1.29 is 27.9 Å². The number of nitrogens with one attached hydrogen (secondary N) is 1. The van der Waals surface area contributed by atoms with Crippen LogP contribution < -0.4 is 5.32 Å². The van der Waals surface area contributed by atoms with Crippen LogP contribution >= 0.6 is 7.60 Å². The van der Waals surface area contributed by atoms with Gasteiger partial charge < -0.3 is 19.1 Å². The van der Waals surface area contributed by atoms with Crippen LogP contribution in [-0.4, -0.2) is 49.0 Å². The zero-order valence-corrected chi connectivity index (χ0v) is 16.7. The van der Waals surface area contributed by atoms with Crippen LogP contribution in [0.15, 0.2) is 30.3 Å². The number of ether oxygens (including phenoxy) is 1. The fourth-order valence-corrected chi connectivity index (χ4v) is 4.27. The van der Waals surface area contributed by atoms with Gasteiger partial charge in [-0.1, -0.05) is 30.3 Å². The summed E-state index contributed by atoms with van der Waals surface area (Å²) >= 11 is 0. The molecule has 0 aromatic heterocycles. The summed E-state index contributed by atoms with van der Waals surface area (Å²) in [6.07, 6.45) is 0.471. The second-order valence-electron chi connectivity index (χ2n) is 6.04. The molecule has 0 unspecified atom stereocenters. The van der Waals surface area contributed by atoms with Crippen LogP contribution in [0.5, 0.6) is 0 Å². The molecule has 1 aliphatic heterocycles. The molecule has 1 aromatic carbocycles. The number of hydrogen-bond acceptors (Lipinski definition) is 6. The van der Waals surface area contributed by atoms with Crippen molar-refractivity contribution in [3.05, 3.63) is 35.9 Å². The molecule has 1 fully saturated rings. The third-order valence-corrected chi connectivity index (χ3v) is 5.94. The number of benzene rings is 1. The number of likely N-dealkylation sites (tertiary alicyclic amines) is 1. The third kappa shape index (κ3) is 6.34. The van der Waals surface area contributed by atoms with E-state index in [0.29, 0.717) is 19.4 Å². The monoisotopic (exact) mass is 398 g/mol. The van der Waals surface area contributed by atoms with Gasteiger partial charge in [-0.05, 0) is 32.3 Å². The number of rotatable bonds is 9. The molecule has 0 radical (unpaired) electrons. The predicted molar refractivity (Wildman–Crippen MR) is 100 cm³/mol. The summed E-state index contributed by atoms with van der Waals surface area (Å²) in [5, 5.41) is 2.59. The molecule has 1 heterocycles. The van der Waals surface area contributed by atoms with Gasteiger partial charge in [-0.2, -0.15) is 0 Å². The highest BCUT2D eigenvalue weighted by Gasteiger charge is 2.36. The Kier molecular flexibility index (Phi) is 8.28. The molecule has 1 aliphatic rings. The van der Waals surface area contributed by atoms with E-state index in [1.54, 1.807) is 13.8 Å². The minimum Gasteiger partial charge on any atom is -0.445 e. The van der Waals surface area contributed by atoms with E-state index in [1.807, 2.05) is 30.3 Å². The van der Waals surface area contributed by atoms with Crippen LogP contribution in [0, 0.1) is 0 Å². The maximum atomic E-state index is 12.5. The van der Waals surface area contributed by atoms with Crippen LogP contribution in [0.4, 0.5) is 4.79 Å². The minimum absolute atomic E-state index is 0.147. The van der Waals surface area contributed by atoms with Gasteiger partial charge in [0, 0.05) is 6.54 Å². The van der Waals surface area contributed by atoms with Gasteiger partial charge in [0.2, 0.25) is 5.91 Å². The Balaban J connectivity index is 1.89. The van der Waals surface area contributed by atoms with Crippen molar-refractivity contribution in [1.29, 1.82) is 0 Å². The summed E-state index contributed by atoms with van der Waals surface area (Å²) in [7, 11) is -3.38. The Morgan fingerprint density at radius 3 is 2.48 bits per heavy atom. The molecular formula is C18H27N2O6P. The highest BCUT2D eigenvalue weighted by molar-refractivity contribution is 7.53. The molecule has 1 saturated heterocycles. The molecule has 0 bridgehead atoms. The Morgan fingerprint density at radius 2 is 1.85 bits per heavy atom. The van der Waals surface area contributed by atoms with Crippen LogP contribution in [0.1, 0.15) is 32.3 Å². The fraction of sp³-hybridized carbons (Fsp3) is 0.556.